The summed E-state index contributed by atoms with van der Waals surface area (Å²) >= 11 is 0. The number of hydrogen-bond donors (Lipinski definition) is 2. The van der Waals surface area contributed by atoms with Gasteiger partial charge in [-0.05, 0) is 33.2 Å². The van der Waals surface area contributed by atoms with Crippen LogP contribution in [0.4, 0.5) is 0 Å². The number of hydrogen-bond acceptors (Lipinski definition) is 4. The molecule has 1 aliphatic rings. The molecule has 102 valence electrons. The number of rotatable bonds is 3. The van der Waals surface area contributed by atoms with Crippen LogP contribution in [0.3, 0.4) is 0 Å². The van der Waals surface area contributed by atoms with Crippen LogP contribution >= 0.6 is 12.4 Å². The van der Waals surface area contributed by atoms with E-state index in [9.17, 15) is 4.79 Å². The number of piperidine rings is 1. The highest BCUT2D eigenvalue weighted by Crippen LogP contribution is 2.25. The summed E-state index contributed by atoms with van der Waals surface area (Å²) in [5, 5.41) is 9.96. The lowest BCUT2D eigenvalue weighted by Gasteiger charge is -2.32. The zero-order chi connectivity index (χ0) is 12.3. The van der Waals surface area contributed by atoms with Crippen LogP contribution in [0.2, 0.25) is 0 Å². The fraction of sp³-hybridized carbons (Fsp3) is 0.667. The summed E-state index contributed by atoms with van der Waals surface area (Å²) in [6.07, 6.45) is 1.98. The highest BCUT2D eigenvalue weighted by Gasteiger charge is 2.34. The molecule has 1 fully saturated rings. The van der Waals surface area contributed by atoms with Crippen molar-refractivity contribution in [3.63, 3.8) is 0 Å². The van der Waals surface area contributed by atoms with E-state index in [1.54, 1.807) is 0 Å². The van der Waals surface area contributed by atoms with E-state index < -0.39 is 0 Å². The maximum absolute atomic E-state index is 12.1. The van der Waals surface area contributed by atoms with Gasteiger partial charge >= 0.3 is 0 Å². The lowest BCUT2D eigenvalue weighted by molar-refractivity contribution is -0.131. The molecule has 6 heteroatoms. The van der Waals surface area contributed by atoms with Crippen LogP contribution in [0.15, 0.2) is 10.6 Å². The lowest BCUT2D eigenvalue weighted by atomic mass is 9.82. The zero-order valence-electron chi connectivity index (χ0n) is 10.8. The van der Waals surface area contributed by atoms with Crippen molar-refractivity contribution in [2.24, 2.45) is 5.41 Å². The van der Waals surface area contributed by atoms with E-state index in [-0.39, 0.29) is 23.7 Å². The third-order valence-electron chi connectivity index (χ3n) is 3.25. The molecule has 0 aliphatic carbocycles. The summed E-state index contributed by atoms with van der Waals surface area (Å²) in [5.41, 5.74) is 0.535. The van der Waals surface area contributed by atoms with E-state index in [0.717, 1.165) is 31.6 Å². The maximum Gasteiger partial charge on any atom is 0.227 e. The van der Waals surface area contributed by atoms with Crippen molar-refractivity contribution >= 4 is 18.3 Å². The van der Waals surface area contributed by atoms with Gasteiger partial charge in [0.25, 0.3) is 0 Å². The number of amides is 1. The van der Waals surface area contributed by atoms with Gasteiger partial charge < -0.3 is 15.2 Å². The van der Waals surface area contributed by atoms with Crippen molar-refractivity contribution in [1.82, 2.24) is 15.8 Å². The quantitative estimate of drug-likeness (QED) is 0.874. The van der Waals surface area contributed by atoms with Gasteiger partial charge in [-0.25, -0.2) is 0 Å². The number of carbonyl (C=O) groups is 1. The van der Waals surface area contributed by atoms with E-state index >= 15 is 0 Å². The molecular formula is C12H20ClN3O2. The van der Waals surface area contributed by atoms with Crippen LogP contribution in [0.5, 0.6) is 0 Å². The standard InChI is InChI=1S/C12H19N3O2.ClH/c1-9-6-10(17-15-9)7-14-11(16)12(2)4-3-5-13-8-12;/h6,13H,3-5,7-8H2,1-2H3,(H,14,16);1H. The van der Waals surface area contributed by atoms with Crippen LogP contribution < -0.4 is 10.6 Å². The molecule has 18 heavy (non-hydrogen) atoms. The summed E-state index contributed by atoms with van der Waals surface area (Å²) < 4.78 is 5.05. The first-order valence-corrected chi connectivity index (χ1v) is 6.01. The first-order valence-electron chi connectivity index (χ1n) is 6.01. The van der Waals surface area contributed by atoms with Crippen LogP contribution in [0, 0.1) is 12.3 Å². The third kappa shape index (κ3) is 3.46. The Kier molecular flexibility index (Phi) is 5.16. The van der Waals surface area contributed by atoms with Crippen molar-refractivity contribution in [2.75, 3.05) is 13.1 Å². The Morgan fingerprint density at radius 2 is 2.44 bits per heavy atom. The fourth-order valence-corrected chi connectivity index (χ4v) is 2.13. The van der Waals surface area contributed by atoms with Gasteiger partial charge in [0.05, 0.1) is 17.7 Å². The van der Waals surface area contributed by atoms with Gasteiger partial charge in [0, 0.05) is 12.6 Å². The minimum Gasteiger partial charge on any atom is -0.359 e. The van der Waals surface area contributed by atoms with E-state index in [2.05, 4.69) is 15.8 Å². The van der Waals surface area contributed by atoms with Gasteiger partial charge in [-0.3, -0.25) is 4.79 Å². The average molecular weight is 274 g/mol. The normalized spacial score (nSPS) is 23.2. The second-order valence-electron chi connectivity index (χ2n) is 4.96. The molecule has 1 aromatic rings. The molecule has 0 radical (unpaired) electrons. The molecule has 2 rings (SSSR count). The number of nitrogens with one attached hydrogen (secondary N) is 2. The van der Waals surface area contributed by atoms with Crippen molar-refractivity contribution in [2.45, 2.75) is 33.2 Å². The molecule has 0 aromatic carbocycles. The second-order valence-corrected chi connectivity index (χ2v) is 4.96. The summed E-state index contributed by atoms with van der Waals surface area (Å²) in [4.78, 5) is 12.1. The first-order chi connectivity index (χ1) is 8.10. The van der Waals surface area contributed by atoms with Crippen molar-refractivity contribution in [3.05, 3.63) is 17.5 Å². The van der Waals surface area contributed by atoms with Gasteiger partial charge in [-0.2, -0.15) is 0 Å². The van der Waals surface area contributed by atoms with E-state index in [1.165, 1.54) is 0 Å². The molecule has 0 bridgehead atoms. The molecule has 5 nitrogen and oxygen atoms in total. The Labute approximate surface area is 113 Å². The minimum atomic E-state index is -0.298. The van der Waals surface area contributed by atoms with Crippen LogP contribution in [0.1, 0.15) is 31.2 Å². The highest BCUT2D eigenvalue weighted by atomic mass is 35.5. The highest BCUT2D eigenvalue weighted by molar-refractivity contribution is 5.85. The fourth-order valence-electron chi connectivity index (χ4n) is 2.13. The molecule has 1 aromatic heterocycles. The summed E-state index contributed by atoms with van der Waals surface area (Å²) in [6.45, 7) is 6.02. The average Bonchev–Trinajstić information content (AvgIpc) is 2.73. The van der Waals surface area contributed by atoms with E-state index in [4.69, 9.17) is 4.52 Å². The third-order valence-corrected chi connectivity index (χ3v) is 3.25. The molecule has 1 aliphatic heterocycles. The van der Waals surface area contributed by atoms with Crippen molar-refractivity contribution in [3.8, 4) is 0 Å². The Morgan fingerprint density at radius 1 is 1.67 bits per heavy atom. The van der Waals surface area contributed by atoms with Gasteiger partial charge in [0.15, 0.2) is 5.76 Å². The van der Waals surface area contributed by atoms with E-state index in [0.29, 0.717) is 12.3 Å². The number of halogens is 1. The molecular weight excluding hydrogens is 254 g/mol. The monoisotopic (exact) mass is 273 g/mol. The van der Waals surface area contributed by atoms with Gasteiger partial charge in [0.2, 0.25) is 5.91 Å². The molecule has 1 unspecified atom stereocenters. The Morgan fingerprint density at radius 3 is 3.00 bits per heavy atom. The lowest BCUT2D eigenvalue weighted by Crippen LogP contribution is -2.48. The summed E-state index contributed by atoms with van der Waals surface area (Å²) in [6, 6.07) is 1.84. The predicted molar refractivity (Wildman–Crippen MR) is 70.5 cm³/mol. The molecule has 1 atom stereocenters. The number of aryl methyl sites for hydroxylation is 1. The number of nitrogens with zero attached hydrogens (tertiary/aromatic N) is 1. The SMILES string of the molecule is Cc1cc(CNC(=O)C2(C)CCCNC2)on1.Cl. The predicted octanol–water partition coefficient (Wildman–Crippen LogP) is 1.41. The molecule has 1 amide bonds. The largest absolute Gasteiger partial charge is 0.359 e. The second kappa shape index (κ2) is 6.20. The van der Waals surface area contributed by atoms with Gasteiger partial charge in [0.1, 0.15) is 0 Å². The number of aromatic nitrogens is 1. The molecule has 2 N–H and O–H groups in total. The first kappa shape index (κ1) is 15.0. The van der Waals surface area contributed by atoms with Crippen LogP contribution in [-0.4, -0.2) is 24.2 Å². The Balaban J connectivity index is 0.00000162. The van der Waals surface area contributed by atoms with Crippen LogP contribution in [0.25, 0.3) is 0 Å². The Hall–Kier alpha value is -1.07. The molecule has 0 spiro atoms. The minimum absolute atomic E-state index is 0. The molecule has 0 saturated carbocycles. The van der Waals surface area contributed by atoms with E-state index in [1.807, 2.05) is 19.9 Å². The Bertz CT molecular complexity index is 400. The van der Waals surface area contributed by atoms with Crippen LogP contribution in [-0.2, 0) is 11.3 Å². The summed E-state index contributed by atoms with van der Waals surface area (Å²) in [7, 11) is 0. The molecule has 2 heterocycles. The maximum atomic E-state index is 12.1. The smallest absolute Gasteiger partial charge is 0.227 e. The molecule has 1 saturated heterocycles. The number of carbonyl (C=O) groups excluding carboxylic acids is 1. The topological polar surface area (TPSA) is 67.2 Å². The summed E-state index contributed by atoms with van der Waals surface area (Å²) in [5.74, 6) is 0.780. The van der Waals surface area contributed by atoms with Gasteiger partial charge in [-0.1, -0.05) is 5.16 Å². The van der Waals surface area contributed by atoms with Crippen molar-refractivity contribution in [1.29, 1.82) is 0 Å². The zero-order valence-corrected chi connectivity index (χ0v) is 11.6. The van der Waals surface area contributed by atoms with Crippen molar-refractivity contribution < 1.29 is 9.32 Å². The van der Waals surface area contributed by atoms with Gasteiger partial charge in [-0.15, -0.1) is 12.4 Å².